The summed E-state index contributed by atoms with van der Waals surface area (Å²) in [4.78, 5) is 16.3. The number of alkyl halides is 3. The van der Waals surface area contributed by atoms with Crippen molar-refractivity contribution < 1.29 is 27.4 Å². The maximum absolute atomic E-state index is 13.3. The molecule has 0 radical (unpaired) electrons. The Morgan fingerprint density at radius 3 is 2.25 bits per heavy atom. The summed E-state index contributed by atoms with van der Waals surface area (Å²) >= 11 is 0. The Hall–Kier alpha value is -2.83. The Balaban J connectivity index is 2.61. The Labute approximate surface area is 162 Å². The van der Waals surface area contributed by atoms with E-state index in [0.717, 1.165) is 28.8 Å². The molecule has 1 heterocycles. The molecule has 0 atom stereocenters. The van der Waals surface area contributed by atoms with E-state index in [1.54, 1.807) is 6.92 Å². The van der Waals surface area contributed by atoms with Crippen LogP contribution in [0.2, 0.25) is 0 Å². The minimum absolute atomic E-state index is 0.0393. The summed E-state index contributed by atoms with van der Waals surface area (Å²) in [7, 11) is 0. The molecule has 4 nitrogen and oxygen atoms in total. The fourth-order valence-electron chi connectivity index (χ4n) is 2.91. The van der Waals surface area contributed by atoms with E-state index in [0.29, 0.717) is 5.75 Å². The van der Waals surface area contributed by atoms with Gasteiger partial charge in [0.25, 0.3) is 0 Å². The molecule has 0 spiro atoms. The van der Waals surface area contributed by atoms with Crippen molar-refractivity contribution in [3.05, 3.63) is 58.3 Å². The molecular weight excluding hydrogens is 371 g/mol. The third-order valence-electron chi connectivity index (χ3n) is 4.03. The summed E-state index contributed by atoms with van der Waals surface area (Å²) in [6, 6.07) is 6.13. The molecule has 0 saturated carbocycles. The largest absolute Gasteiger partial charge is 0.462 e. The summed E-state index contributed by atoms with van der Waals surface area (Å²) in [5.41, 5.74) is 1.29. The summed E-state index contributed by atoms with van der Waals surface area (Å²) in [6.45, 7) is 8.58. The molecule has 1 aromatic carbocycles. The molecule has 0 fully saturated rings. The molecule has 2 aromatic rings. The summed E-state index contributed by atoms with van der Waals surface area (Å²) < 4.78 is 50.6. The van der Waals surface area contributed by atoms with Gasteiger partial charge in [-0.05, 0) is 57.9 Å². The van der Waals surface area contributed by atoms with Crippen molar-refractivity contribution in [2.24, 2.45) is 0 Å². The van der Waals surface area contributed by atoms with E-state index in [1.165, 1.54) is 13.0 Å². The number of halogens is 3. The van der Waals surface area contributed by atoms with E-state index < -0.39 is 17.7 Å². The SMILES string of the molecule is CC=C(c1ccc(C(=O)OCC)c(Oc2c(C)cc(C)cc2C)n1)C(F)(F)F. The van der Waals surface area contributed by atoms with E-state index in [4.69, 9.17) is 9.47 Å². The molecule has 150 valence electrons. The van der Waals surface area contributed by atoms with Gasteiger partial charge >= 0.3 is 12.1 Å². The number of pyridine rings is 1. The molecule has 0 aliphatic heterocycles. The molecule has 1 aromatic heterocycles. The molecule has 7 heteroatoms. The van der Waals surface area contributed by atoms with Crippen LogP contribution >= 0.6 is 0 Å². The maximum Gasteiger partial charge on any atom is 0.418 e. The van der Waals surface area contributed by atoms with Gasteiger partial charge in [-0.25, -0.2) is 9.78 Å². The van der Waals surface area contributed by atoms with Crippen molar-refractivity contribution in [1.29, 1.82) is 0 Å². The zero-order chi connectivity index (χ0) is 21.1. The molecule has 0 bridgehead atoms. The van der Waals surface area contributed by atoms with Crippen molar-refractivity contribution >= 4 is 11.5 Å². The van der Waals surface area contributed by atoms with Crippen LogP contribution in [0.4, 0.5) is 13.2 Å². The normalized spacial score (nSPS) is 12.1. The predicted octanol–water partition coefficient (Wildman–Crippen LogP) is 5.94. The van der Waals surface area contributed by atoms with Crippen molar-refractivity contribution in [3.8, 4) is 11.6 Å². The second-order valence-electron chi connectivity index (χ2n) is 6.30. The van der Waals surface area contributed by atoms with Gasteiger partial charge in [-0.2, -0.15) is 13.2 Å². The summed E-state index contributed by atoms with van der Waals surface area (Å²) in [6.07, 6.45) is -3.65. The van der Waals surface area contributed by atoms with Crippen LogP contribution in [0, 0.1) is 20.8 Å². The Morgan fingerprint density at radius 2 is 1.75 bits per heavy atom. The third-order valence-corrected chi connectivity index (χ3v) is 4.03. The van der Waals surface area contributed by atoms with E-state index in [-0.39, 0.29) is 23.7 Å². The number of benzene rings is 1. The van der Waals surface area contributed by atoms with Crippen LogP contribution in [0.5, 0.6) is 11.6 Å². The zero-order valence-corrected chi connectivity index (χ0v) is 16.4. The number of carbonyl (C=O) groups excluding carboxylic acids is 1. The summed E-state index contributed by atoms with van der Waals surface area (Å²) in [5.74, 6) is -0.502. The van der Waals surface area contributed by atoms with Crippen molar-refractivity contribution in [3.63, 3.8) is 0 Å². The lowest BCUT2D eigenvalue weighted by Gasteiger charge is -2.17. The van der Waals surface area contributed by atoms with Crippen LogP contribution in [0.3, 0.4) is 0 Å². The first-order valence-corrected chi connectivity index (χ1v) is 8.76. The van der Waals surface area contributed by atoms with E-state index in [1.807, 2.05) is 32.9 Å². The van der Waals surface area contributed by atoms with Gasteiger partial charge in [-0.15, -0.1) is 0 Å². The molecule has 0 unspecified atom stereocenters. The number of aromatic nitrogens is 1. The van der Waals surface area contributed by atoms with Gasteiger partial charge in [0.1, 0.15) is 11.3 Å². The van der Waals surface area contributed by atoms with Gasteiger partial charge in [0.15, 0.2) is 0 Å². The topological polar surface area (TPSA) is 48.4 Å². The first-order chi connectivity index (χ1) is 13.1. The molecule has 0 aliphatic rings. The monoisotopic (exact) mass is 393 g/mol. The highest BCUT2D eigenvalue weighted by Crippen LogP contribution is 2.36. The quantitative estimate of drug-likeness (QED) is 0.590. The number of aryl methyl sites for hydroxylation is 3. The molecule has 28 heavy (non-hydrogen) atoms. The molecule has 0 N–H and O–H groups in total. The molecule has 2 rings (SSSR count). The lowest BCUT2D eigenvalue weighted by atomic mass is 10.1. The number of hydrogen-bond donors (Lipinski definition) is 0. The Bertz CT molecular complexity index is 895. The lowest BCUT2D eigenvalue weighted by molar-refractivity contribution is -0.0692. The molecule has 0 aliphatic carbocycles. The molecular formula is C21H22F3NO3. The molecule has 0 amide bonds. The highest BCUT2D eigenvalue weighted by Gasteiger charge is 2.35. The Morgan fingerprint density at radius 1 is 1.14 bits per heavy atom. The minimum atomic E-state index is -4.58. The maximum atomic E-state index is 13.3. The number of esters is 1. The second-order valence-corrected chi connectivity index (χ2v) is 6.30. The fraction of sp³-hybridized carbons (Fsp3) is 0.333. The zero-order valence-electron chi connectivity index (χ0n) is 16.4. The van der Waals surface area contributed by atoms with Gasteiger partial charge < -0.3 is 9.47 Å². The van der Waals surface area contributed by atoms with Crippen LogP contribution < -0.4 is 4.74 Å². The Kier molecular flexibility index (Phi) is 6.48. The van der Waals surface area contributed by atoms with E-state index >= 15 is 0 Å². The number of ether oxygens (including phenoxy) is 2. The third kappa shape index (κ3) is 4.71. The van der Waals surface area contributed by atoms with E-state index in [9.17, 15) is 18.0 Å². The van der Waals surface area contributed by atoms with Crippen LogP contribution in [-0.2, 0) is 4.74 Å². The van der Waals surface area contributed by atoms with Crippen LogP contribution in [0.15, 0.2) is 30.3 Å². The second kappa shape index (κ2) is 8.46. The van der Waals surface area contributed by atoms with Crippen molar-refractivity contribution in [1.82, 2.24) is 4.98 Å². The first-order valence-electron chi connectivity index (χ1n) is 8.76. The molecule has 0 saturated heterocycles. The summed E-state index contributed by atoms with van der Waals surface area (Å²) in [5, 5.41) is 0. The van der Waals surface area contributed by atoms with Crippen LogP contribution in [0.25, 0.3) is 5.57 Å². The number of allylic oxidation sites excluding steroid dienone is 2. The standard InChI is InChI=1S/C21H22F3NO3/c1-6-16(21(22,23)24)17-9-8-15(20(26)27-7-2)19(25-17)28-18-13(4)10-12(3)11-14(18)5/h6,8-11H,7H2,1-5H3. The van der Waals surface area contributed by atoms with Gasteiger partial charge in [0, 0.05) is 0 Å². The lowest BCUT2D eigenvalue weighted by Crippen LogP contribution is -2.14. The minimum Gasteiger partial charge on any atom is -0.462 e. The average molecular weight is 393 g/mol. The van der Waals surface area contributed by atoms with E-state index in [2.05, 4.69) is 4.98 Å². The van der Waals surface area contributed by atoms with Crippen molar-refractivity contribution in [2.75, 3.05) is 6.61 Å². The number of rotatable bonds is 5. The average Bonchev–Trinajstić information content (AvgIpc) is 2.57. The number of nitrogens with zero attached hydrogens (tertiary/aromatic N) is 1. The number of hydrogen-bond acceptors (Lipinski definition) is 4. The smallest absolute Gasteiger partial charge is 0.418 e. The van der Waals surface area contributed by atoms with Gasteiger partial charge in [0.2, 0.25) is 5.88 Å². The number of carbonyl (C=O) groups is 1. The van der Waals surface area contributed by atoms with Crippen LogP contribution in [0.1, 0.15) is 46.6 Å². The predicted molar refractivity (Wildman–Crippen MR) is 101 cm³/mol. The van der Waals surface area contributed by atoms with Gasteiger partial charge in [-0.1, -0.05) is 23.8 Å². The fourth-order valence-corrected chi connectivity index (χ4v) is 2.91. The van der Waals surface area contributed by atoms with Crippen molar-refractivity contribution in [2.45, 2.75) is 40.8 Å². The first kappa shape index (κ1) is 21.5. The highest BCUT2D eigenvalue weighted by molar-refractivity contribution is 5.92. The highest BCUT2D eigenvalue weighted by atomic mass is 19.4. The van der Waals surface area contributed by atoms with Gasteiger partial charge in [0.05, 0.1) is 17.9 Å². The van der Waals surface area contributed by atoms with Crippen LogP contribution in [-0.4, -0.2) is 23.7 Å². The van der Waals surface area contributed by atoms with Gasteiger partial charge in [-0.3, -0.25) is 0 Å².